The zero-order chi connectivity index (χ0) is 12.8. The van der Waals surface area contributed by atoms with E-state index in [1.165, 1.54) is 0 Å². The Hall–Kier alpha value is -1.29. The monoisotopic (exact) mass is 329 g/mol. The van der Waals surface area contributed by atoms with Gasteiger partial charge in [-0.25, -0.2) is 0 Å². The number of aromatic nitrogens is 1. The molecule has 0 atom stereocenters. The molecule has 0 unspecified atom stereocenters. The summed E-state index contributed by atoms with van der Waals surface area (Å²) in [6, 6.07) is 7.67. The fourth-order valence-corrected chi connectivity index (χ4v) is 3.00. The first-order chi connectivity index (χ1) is 8.81. The van der Waals surface area contributed by atoms with E-state index in [9.17, 15) is 0 Å². The third-order valence-corrected chi connectivity index (χ3v) is 4.12. The van der Waals surface area contributed by atoms with Gasteiger partial charge in [-0.05, 0) is 0 Å². The number of nitrogens with zero attached hydrogens (tertiary/aromatic N) is 2. The van der Waals surface area contributed by atoms with Crippen molar-refractivity contribution >= 4 is 37.0 Å². The average molecular weight is 329 g/mol. The van der Waals surface area contributed by atoms with Crippen LogP contribution in [-0.4, -0.2) is 32.8 Å². The Kier molecular flexibility index (Phi) is 4.81. The first-order valence-corrected chi connectivity index (χ1v) is 7.63. The Morgan fingerprint density at radius 1 is 1.44 bits per heavy atom. The molecule has 1 N–H and O–H groups in total. The molecule has 0 bridgehead atoms. The number of benzene rings is 1. The summed E-state index contributed by atoms with van der Waals surface area (Å²) in [4.78, 5) is 6.34. The topological polar surface area (TPSA) is 46.5 Å². The molecular formula is C12H12ClN3OSe. The van der Waals surface area contributed by atoms with Crippen LogP contribution < -0.4 is 10.2 Å². The van der Waals surface area contributed by atoms with Gasteiger partial charge in [0.05, 0.1) is 0 Å². The number of hydrogen-bond acceptors (Lipinski definition) is 4. The number of anilines is 1. The van der Waals surface area contributed by atoms with Crippen LogP contribution in [0.25, 0.3) is 0 Å². The van der Waals surface area contributed by atoms with Crippen molar-refractivity contribution in [1.82, 2.24) is 4.98 Å². The maximum atomic E-state index is 5.69. The maximum absolute atomic E-state index is 5.69. The molecule has 2 rings (SSSR count). The molecule has 18 heavy (non-hydrogen) atoms. The first-order valence-electron chi connectivity index (χ1n) is 5.25. The van der Waals surface area contributed by atoms with Crippen molar-refractivity contribution in [3.63, 3.8) is 0 Å². The molecule has 0 aliphatic carbocycles. The van der Waals surface area contributed by atoms with Gasteiger partial charge in [-0.3, -0.25) is 0 Å². The van der Waals surface area contributed by atoms with E-state index in [2.05, 4.69) is 15.5 Å². The standard InChI is InChI=1S/C12H12ClN3OSe/c1-17-11-4-2-9(3-5-11)7-14-16-12-15-10(6-13)8-18-12/h2-5,7-8H,6H2,1H3,(H,15,16)/b14-7+. The molecule has 2 aromatic rings. The van der Waals surface area contributed by atoms with Crippen molar-refractivity contribution in [2.75, 3.05) is 12.5 Å². The number of hydrazone groups is 1. The van der Waals surface area contributed by atoms with Crippen molar-refractivity contribution in [3.05, 3.63) is 40.5 Å². The molecule has 1 aromatic carbocycles. The molecule has 6 heteroatoms. The van der Waals surface area contributed by atoms with E-state index in [1.807, 2.05) is 29.2 Å². The van der Waals surface area contributed by atoms with Crippen LogP contribution in [-0.2, 0) is 5.88 Å². The third-order valence-electron chi connectivity index (χ3n) is 2.18. The molecule has 1 heterocycles. The quantitative estimate of drug-likeness (QED) is 0.396. The van der Waals surface area contributed by atoms with E-state index >= 15 is 0 Å². The summed E-state index contributed by atoms with van der Waals surface area (Å²) in [5.41, 5.74) is 4.84. The molecule has 0 fully saturated rings. The van der Waals surface area contributed by atoms with Crippen LogP contribution in [0.5, 0.6) is 5.75 Å². The number of hydrogen-bond donors (Lipinski definition) is 1. The molecule has 0 aliphatic heterocycles. The van der Waals surface area contributed by atoms with Gasteiger partial charge >= 0.3 is 116 Å². The van der Waals surface area contributed by atoms with Gasteiger partial charge in [-0.2, -0.15) is 0 Å². The summed E-state index contributed by atoms with van der Waals surface area (Å²) in [7, 11) is 1.65. The Labute approximate surface area is 116 Å². The van der Waals surface area contributed by atoms with E-state index in [4.69, 9.17) is 16.3 Å². The summed E-state index contributed by atoms with van der Waals surface area (Å²) in [6.45, 7) is 0. The van der Waals surface area contributed by atoms with Crippen molar-refractivity contribution < 1.29 is 4.74 Å². The predicted octanol–water partition coefficient (Wildman–Crippen LogP) is 2.33. The van der Waals surface area contributed by atoms with E-state index in [0.717, 1.165) is 21.7 Å². The van der Waals surface area contributed by atoms with Gasteiger partial charge in [0.15, 0.2) is 0 Å². The van der Waals surface area contributed by atoms with E-state index in [-0.39, 0.29) is 14.5 Å². The van der Waals surface area contributed by atoms with Crippen LogP contribution in [0.3, 0.4) is 0 Å². The van der Waals surface area contributed by atoms with Crippen LogP contribution >= 0.6 is 11.6 Å². The molecule has 0 radical (unpaired) electrons. The molecule has 0 aliphatic rings. The van der Waals surface area contributed by atoms with Crippen LogP contribution in [0.1, 0.15) is 11.3 Å². The fraction of sp³-hybridized carbons (Fsp3) is 0.167. The minimum atomic E-state index is 0.210. The van der Waals surface area contributed by atoms with Crippen molar-refractivity contribution in [3.8, 4) is 5.75 Å². The molecule has 1 aromatic heterocycles. The molecule has 0 saturated carbocycles. The SMILES string of the molecule is COc1ccc(/C=N/Nc2nc(CCl)c[se]2)cc1. The Balaban J connectivity index is 1.93. The second-order valence-electron chi connectivity index (χ2n) is 3.42. The Bertz CT molecular complexity index is 524. The normalized spacial score (nSPS) is 10.8. The van der Waals surface area contributed by atoms with E-state index in [1.54, 1.807) is 13.3 Å². The summed E-state index contributed by atoms with van der Waals surface area (Å²) in [6.07, 6.45) is 1.75. The van der Waals surface area contributed by atoms with Gasteiger partial charge in [0.2, 0.25) is 0 Å². The minimum absolute atomic E-state index is 0.210. The summed E-state index contributed by atoms with van der Waals surface area (Å²) in [5, 5.41) is 4.14. The van der Waals surface area contributed by atoms with Crippen LogP contribution in [0, 0.1) is 0 Å². The van der Waals surface area contributed by atoms with Gasteiger partial charge in [-0.1, -0.05) is 0 Å². The predicted molar refractivity (Wildman–Crippen MR) is 74.9 cm³/mol. The summed E-state index contributed by atoms with van der Waals surface area (Å²) in [5.74, 6) is 1.29. The van der Waals surface area contributed by atoms with Crippen molar-refractivity contribution in [1.29, 1.82) is 0 Å². The zero-order valence-corrected chi connectivity index (χ0v) is 12.2. The number of nitrogens with one attached hydrogen (secondary N) is 1. The number of methoxy groups -OCH3 is 1. The number of ether oxygens (including phenoxy) is 1. The van der Waals surface area contributed by atoms with E-state index in [0.29, 0.717) is 5.88 Å². The molecule has 4 nitrogen and oxygen atoms in total. The van der Waals surface area contributed by atoms with Gasteiger partial charge < -0.3 is 0 Å². The third kappa shape index (κ3) is 3.60. The molecule has 0 saturated heterocycles. The fourth-order valence-electron chi connectivity index (χ4n) is 1.27. The van der Waals surface area contributed by atoms with Gasteiger partial charge in [0.25, 0.3) is 0 Å². The molecule has 0 amide bonds. The first kappa shape index (κ1) is 13.1. The second-order valence-corrected chi connectivity index (χ2v) is 5.49. The van der Waals surface area contributed by atoms with Crippen LogP contribution in [0.2, 0.25) is 0 Å². The molecule has 94 valence electrons. The van der Waals surface area contributed by atoms with Crippen LogP contribution in [0.4, 0.5) is 4.69 Å². The van der Waals surface area contributed by atoms with Gasteiger partial charge in [0, 0.05) is 0 Å². The van der Waals surface area contributed by atoms with Crippen LogP contribution in [0.15, 0.2) is 34.3 Å². The molecule has 0 spiro atoms. The van der Waals surface area contributed by atoms with Crippen molar-refractivity contribution in [2.24, 2.45) is 5.10 Å². The van der Waals surface area contributed by atoms with Gasteiger partial charge in [0.1, 0.15) is 0 Å². The second kappa shape index (κ2) is 6.59. The van der Waals surface area contributed by atoms with Crippen molar-refractivity contribution in [2.45, 2.75) is 5.88 Å². The Morgan fingerprint density at radius 2 is 2.22 bits per heavy atom. The number of halogens is 1. The summed E-state index contributed by atoms with van der Waals surface area (Å²) < 4.78 is 5.96. The zero-order valence-electron chi connectivity index (χ0n) is 9.76. The average Bonchev–Trinajstić information content (AvgIpc) is 2.87. The summed E-state index contributed by atoms with van der Waals surface area (Å²) >= 11 is 5.90. The Morgan fingerprint density at radius 3 is 2.83 bits per heavy atom. The number of alkyl halides is 1. The van der Waals surface area contributed by atoms with E-state index < -0.39 is 0 Å². The molecular weight excluding hydrogens is 317 g/mol. The number of rotatable bonds is 5. The van der Waals surface area contributed by atoms with Gasteiger partial charge in [-0.15, -0.1) is 0 Å².